The molecule has 0 saturated carbocycles. The fourth-order valence-electron chi connectivity index (χ4n) is 2.52. The predicted octanol–water partition coefficient (Wildman–Crippen LogP) is 2.37. The van der Waals surface area contributed by atoms with Crippen LogP contribution in [0.2, 0.25) is 0 Å². The molecule has 0 radical (unpaired) electrons. The van der Waals surface area contributed by atoms with Gasteiger partial charge in [0.25, 0.3) is 0 Å². The van der Waals surface area contributed by atoms with Crippen molar-refractivity contribution in [1.29, 1.82) is 0 Å². The van der Waals surface area contributed by atoms with Crippen molar-refractivity contribution in [3.05, 3.63) is 42.5 Å². The van der Waals surface area contributed by atoms with Gasteiger partial charge in [-0.3, -0.25) is 4.79 Å². The lowest BCUT2D eigenvalue weighted by molar-refractivity contribution is -0.124. The molecule has 0 aliphatic carbocycles. The molecule has 1 amide bonds. The molecule has 2 heterocycles. The smallest absolute Gasteiger partial charge is 0.243 e. The van der Waals surface area contributed by atoms with Gasteiger partial charge in [-0.05, 0) is 25.3 Å². The molecule has 7 heteroatoms. The van der Waals surface area contributed by atoms with Crippen molar-refractivity contribution in [3.63, 3.8) is 0 Å². The summed E-state index contributed by atoms with van der Waals surface area (Å²) in [6.07, 6.45) is 5.49. The average molecular weight is 329 g/mol. The summed E-state index contributed by atoms with van der Waals surface area (Å²) in [5.41, 5.74) is 2.83. The second kappa shape index (κ2) is 6.45. The number of aromatic nitrogens is 4. The monoisotopic (exact) mass is 329 g/mol. The molecule has 2 aromatic heterocycles. The molecule has 1 N–H and O–H groups in total. The quantitative estimate of drug-likeness (QED) is 0.730. The number of carbonyl (C=O) groups excluding carboxylic acids is 1. The number of hydrogen-bond donors (Lipinski definition) is 1. The Morgan fingerprint density at radius 2 is 2.13 bits per heavy atom. The van der Waals surface area contributed by atoms with E-state index in [2.05, 4.69) is 15.3 Å². The summed E-state index contributed by atoms with van der Waals surface area (Å²) >= 11 is 1.58. The molecule has 0 unspecified atom stereocenters. The number of rotatable bonds is 5. The van der Waals surface area contributed by atoms with Gasteiger partial charge >= 0.3 is 0 Å². The Bertz CT molecular complexity index is 838. The van der Waals surface area contributed by atoms with E-state index in [1.807, 2.05) is 53.6 Å². The summed E-state index contributed by atoms with van der Waals surface area (Å²) in [7, 11) is 1.95. The summed E-state index contributed by atoms with van der Waals surface area (Å²) in [4.78, 5) is 21.1. The van der Waals surface area contributed by atoms with Gasteiger partial charge in [-0.25, -0.2) is 9.97 Å². The molecule has 6 nitrogen and oxygen atoms in total. The van der Waals surface area contributed by atoms with Gasteiger partial charge in [0, 0.05) is 7.05 Å². The van der Waals surface area contributed by atoms with Crippen molar-refractivity contribution in [2.75, 3.05) is 6.26 Å². The van der Waals surface area contributed by atoms with E-state index in [1.165, 1.54) is 0 Å². The van der Waals surface area contributed by atoms with Gasteiger partial charge in [-0.1, -0.05) is 23.9 Å². The van der Waals surface area contributed by atoms with E-state index < -0.39 is 0 Å². The van der Waals surface area contributed by atoms with Crippen LogP contribution in [0.1, 0.15) is 18.7 Å². The molecule has 23 heavy (non-hydrogen) atoms. The van der Waals surface area contributed by atoms with Crippen LogP contribution in [0.3, 0.4) is 0 Å². The predicted molar refractivity (Wildman–Crippen MR) is 91.3 cm³/mol. The van der Waals surface area contributed by atoms with Crippen LogP contribution in [0.5, 0.6) is 0 Å². The summed E-state index contributed by atoms with van der Waals surface area (Å²) in [6.45, 7) is 2.33. The third-order valence-corrected chi connectivity index (χ3v) is 4.69. The van der Waals surface area contributed by atoms with E-state index >= 15 is 0 Å². The van der Waals surface area contributed by atoms with Crippen LogP contribution in [-0.4, -0.2) is 31.3 Å². The number of nitrogens with zero attached hydrogens (tertiary/aromatic N) is 4. The molecule has 3 rings (SSSR count). The zero-order valence-corrected chi connectivity index (χ0v) is 14.2. The van der Waals surface area contributed by atoms with E-state index in [9.17, 15) is 4.79 Å². The molecule has 1 aromatic carbocycles. The number of carbonyl (C=O) groups is 1. The lowest BCUT2D eigenvalue weighted by Crippen LogP contribution is -2.30. The van der Waals surface area contributed by atoms with Crippen molar-refractivity contribution >= 4 is 28.7 Å². The molecule has 1 atom stereocenters. The molecule has 0 bridgehead atoms. The fraction of sp³-hybridized carbons (Fsp3) is 0.312. The van der Waals surface area contributed by atoms with Crippen molar-refractivity contribution in [3.8, 4) is 0 Å². The van der Waals surface area contributed by atoms with Crippen molar-refractivity contribution in [2.24, 2.45) is 7.05 Å². The molecular formula is C16H19N5OS. The highest BCUT2D eigenvalue weighted by Crippen LogP contribution is 2.18. The lowest BCUT2D eigenvalue weighted by Gasteiger charge is -2.15. The summed E-state index contributed by atoms with van der Waals surface area (Å²) < 4.78 is 3.88. The van der Waals surface area contributed by atoms with Gasteiger partial charge in [0.05, 0.1) is 35.8 Å². The molecule has 0 fully saturated rings. The van der Waals surface area contributed by atoms with Gasteiger partial charge in [0.15, 0.2) is 5.16 Å². The Balaban J connectivity index is 1.71. The molecule has 0 spiro atoms. The second-order valence-electron chi connectivity index (χ2n) is 5.33. The third-order valence-electron chi connectivity index (χ3n) is 3.95. The Morgan fingerprint density at radius 3 is 2.87 bits per heavy atom. The standard InChI is InChI=1S/C16H19N5OS/c1-11(21-10-19-13-6-4-5-7-14(13)21)15(22)17-8-12-9-18-16(23-3)20(12)2/h4-7,9-11H,8H2,1-3H3,(H,17,22)/t11-/m1/s1. The number of benzene rings is 1. The van der Waals surface area contributed by atoms with Crippen molar-refractivity contribution in [1.82, 2.24) is 24.4 Å². The molecular weight excluding hydrogens is 310 g/mol. The Labute approximate surface area is 138 Å². The van der Waals surface area contributed by atoms with Gasteiger partial charge in [0.2, 0.25) is 5.91 Å². The average Bonchev–Trinajstić information content (AvgIpc) is 3.15. The number of thioether (sulfide) groups is 1. The number of hydrogen-bond acceptors (Lipinski definition) is 4. The minimum absolute atomic E-state index is 0.0416. The first-order valence-electron chi connectivity index (χ1n) is 7.35. The highest BCUT2D eigenvalue weighted by atomic mass is 32.2. The zero-order valence-electron chi connectivity index (χ0n) is 13.4. The van der Waals surface area contributed by atoms with Gasteiger partial charge in [-0.2, -0.15) is 0 Å². The van der Waals surface area contributed by atoms with Crippen LogP contribution in [0.4, 0.5) is 0 Å². The molecule has 0 aliphatic heterocycles. The zero-order chi connectivity index (χ0) is 16.4. The SMILES string of the molecule is CSc1ncc(CNC(=O)[C@@H](C)n2cnc3ccccc32)n1C. The number of nitrogens with one attached hydrogen (secondary N) is 1. The van der Waals surface area contributed by atoms with E-state index in [0.717, 1.165) is 21.9 Å². The van der Waals surface area contributed by atoms with Gasteiger partial charge in [-0.15, -0.1) is 0 Å². The first kappa shape index (κ1) is 15.6. The summed E-state index contributed by atoms with van der Waals surface area (Å²) in [5.74, 6) is -0.0416. The molecule has 0 aliphatic rings. The highest BCUT2D eigenvalue weighted by molar-refractivity contribution is 7.98. The van der Waals surface area contributed by atoms with Gasteiger partial charge in [0.1, 0.15) is 6.04 Å². The number of imidazole rings is 2. The van der Waals surface area contributed by atoms with Crippen LogP contribution >= 0.6 is 11.8 Å². The van der Waals surface area contributed by atoms with Gasteiger partial charge < -0.3 is 14.5 Å². The van der Waals surface area contributed by atoms with Crippen LogP contribution in [0, 0.1) is 0 Å². The summed E-state index contributed by atoms with van der Waals surface area (Å²) in [6, 6.07) is 7.48. The lowest BCUT2D eigenvalue weighted by atomic mass is 10.2. The maximum absolute atomic E-state index is 12.5. The minimum Gasteiger partial charge on any atom is -0.349 e. The number of para-hydroxylation sites is 2. The van der Waals surface area contributed by atoms with Crippen molar-refractivity contribution < 1.29 is 4.79 Å². The maximum Gasteiger partial charge on any atom is 0.243 e. The first-order chi connectivity index (χ1) is 11.1. The van der Waals surface area contributed by atoms with E-state index in [0.29, 0.717) is 6.54 Å². The topological polar surface area (TPSA) is 64.7 Å². The number of fused-ring (bicyclic) bond motifs is 1. The Kier molecular flexibility index (Phi) is 4.38. The van der Waals surface area contributed by atoms with Crippen molar-refractivity contribution in [2.45, 2.75) is 24.7 Å². The molecule has 0 saturated heterocycles. The van der Waals surface area contributed by atoms with Crippen LogP contribution in [0.15, 0.2) is 41.9 Å². The van der Waals surface area contributed by atoms with Crippen LogP contribution in [0.25, 0.3) is 11.0 Å². The highest BCUT2D eigenvalue weighted by Gasteiger charge is 2.17. The molecule has 3 aromatic rings. The minimum atomic E-state index is -0.323. The Hall–Kier alpha value is -2.28. The third kappa shape index (κ3) is 2.96. The second-order valence-corrected chi connectivity index (χ2v) is 6.10. The normalized spacial score (nSPS) is 12.5. The fourth-order valence-corrected chi connectivity index (χ4v) is 3.07. The summed E-state index contributed by atoms with van der Waals surface area (Å²) in [5, 5.41) is 3.91. The van der Waals surface area contributed by atoms with E-state index in [-0.39, 0.29) is 11.9 Å². The molecule has 120 valence electrons. The number of amides is 1. The largest absolute Gasteiger partial charge is 0.349 e. The Morgan fingerprint density at radius 1 is 1.35 bits per heavy atom. The van der Waals surface area contributed by atoms with Crippen LogP contribution < -0.4 is 5.32 Å². The van der Waals surface area contributed by atoms with E-state index in [4.69, 9.17) is 0 Å². The maximum atomic E-state index is 12.5. The van der Waals surface area contributed by atoms with Crippen LogP contribution in [-0.2, 0) is 18.4 Å². The van der Waals surface area contributed by atoms with E-state index in [1.54, 1.807) is 24.3 Å². The first-order valence-corrected chi connectivity index (χ1v) is 8.58.